The number of carbonyl (C=O) groups excluding carboxylic acids is 1. The summed E-state index contributed by atoms with van der Waals surface area (Å²) in [5, 5.41) is -0.000366. The van der Waals surface area contributed by atoms with Gasteiger partial charge in [0.05, 0.1) is 18.1 Å². The van der Waals surface area contributed by atoms with Crippen molar-refractivity contribution in [2.45, 2.75) is 20.0 Å². The molecule has 0 saturated carbocycles. The number of rotatable bonds is 5. The molecule has 0 aliphatic carbocycles. The molecule has 2 heterocycles. The van der Waals surface area contributed by atoms with E-state index in [4.69, 9.17) is 11.6 Å². The Kier molecular flexibility index (Phi) is 6.36. The quantitative estimate of drug-likeness (QED) is 0.523. The zero-order chi connectivity index (χ0) is 21.3. The standard InChI is InChI=1S/C20H22ClF4N3O/c1-13-9-16(14(2)28(13)15-3-4-18(22)17(21)10-15)19(29)11-26-5-7-27(8-6-26)12-20(23,24)25/h3-4,9-10H,5-8,11-12H2,1-2H3. The van der Waals surface area contributed by atoms with Crippen LogP contribution in [0, 0.1) is 19.7 Å². The number of halogens is 5. The smallest absolute Gasteiger partial charge is 0.318 e. The molecule has 0 unspecified atom stereocenters. The fourth-order valence-electron chi connectivity index (χ4n) is 3.71. The third kappa shape index (κ3) is 5.18. The fraction of sp³-hybridized carbons (Fsp3) is 0.450. The molecule has 9 heteroatoms. The maximum Gasteiger partial charge on any atom is 0.401 e. The average molecular weight is 432 g/mol. The van der Waals surface area contributed by atoms with Crippen molar-refractivity contribution < 1.29 is 22.4 Å². The van der Waals surface area contributed by atoms with Crippen LogP contribution < -0.4 is 0 Å². The lowest BCUT2D eigenvalue weighted by atomic mass is 10.1. The van der Waals surface area contributed by atoms with E-state index >= 15 is 0 Å². The lowest BCUT2D eigenvalue weighted by Gasteiger charge is -2.34. The van der Waals surface area contributed by atoms with Gasteiger partial charge in [-0.05, 0) is 38.1 Å². The molecule has 0 radical (unpaired) electrons. The van der Waals surface area contributed by atoms with E-state index in [-0.39, 0.29) is 30.4 Å². The lowest BCUT2D eigenvalue weighted by molar-refractivity contribution is -0.149. The van der Waals surface area contributed by atoms with Gasteiger partial charge in [-0.3, -0.25) is 14.6 Å². The number of aryl methyl sites for hydroxylation is 1. The van der Waals surface area contributed by atoms with Gasteiger partial charge in [0.25, 0.3) is 0 Å². The van der Waals surface area contributed by atoms with Crippen LogP contribution in [0.15, 0.2) is 24.3 Å². The molecule has 1 aliphatic heterocycles. The summed E-state index contributed by atoms with van der Waals surface area (Å²) >= 11 is 5.88. The maximum absolute atomic E-state index is 13.5. The van der Waals surface area contributed by atoms with Crippen LogP contribution in [0.25, 0.3) is 5.69 Å². The number of hydrogen-bond donors (Lipinski definition) is 0. The van der Waals surface area contributed by atoms with Gasteiger partial charge >= 0.3 is 6.18 Å². The van der Waals surface area contributed by atoms with Crippen LogP contribution in [0.2, 0.25) is 5.02 Å². The first-order valence-electron chi connectivity index (χ1n) is 9.24. The second kappa shape index (κ2) is 8.45. The topological polar surface area (TPSA) is 28.5 Å². The van der Waals surface area contributed by atoms with Crippen molar-refractivity contribution in [2.24, 2.45) is 0 Å². The fourth-order valence-corrected chi connectivity index (χ4v) is 3.89. The van der Waals surface area contributed by atoms with E-state index in [1.165, 1.54) is 17.0 Å². The number of nitrogens with zero attached hydrogens (tertiary/aromatic N) is 3. The van der Waals surface area contributed by atoms with Crippen LogP contribution >= 0.6 is 11.6 Å². The van der Waals surface area contributed by atoms with Crippen LogP contribution in [-0.4, -0.2) is 65.6 Å². The van der Waals surface area contributed by atoms with Gasteiger partial charge in [-0.15, -0.1) is 0 Å². The highest BCUT2D eigenvalue weighted by atomic mass is 35.5. The van der Waals surface area contributed by atoms with Crippen LogP contribution in [0.1, 0.15) is 21.7 Å². The molecule has 1 aromatic heterocycles. The molecular weight excluding hydrogens is 410 g/mol. The minimum Gasteiger partial charge on any atom is -0.318 e. The van der Waals surface area contributed by atoms with Gasteiger partial charge in [-0.2, -0.15) is 13.2 Å². The molecule has 1 fully saturated rings. The van der Waals surface area contributed by atoms with Crippen molar-refractivity contribution in [3.05, 3.63) is 52.1 Å². The highest BCUT2D eigenvalue weighted by Crippen LogP contribution is 2.25. The average Bonchev–Trinajstić information content (AvgIpc) is 2.92. The molecule has 4 nitrogen and oxygen atoms in total. The SMILES string of the molecule is Cc1cc(C(=O)CN2CCN(CC(F)(F)F)CC2)c(C)n1-c1ccc(F)c(Cl)c1. The van der Waals surface area contributed by atoms with Crippen LogP contribution in [0.3, 0.4) is 0 Å². The van der Waals surface area contributed by atoms with Crippen LogP contribution in [0.5, 0.6) is 0 Å². The first-order valence-corrected chi connectivity index (χ1v) is 9.62. The molecule has 0 spiro atoms. The number of ketones is 1. The van der Waals surface area contributed by atoms with Crippen molar-refractivity contribution in [3.8, 4) is 5.69 Å². The number of alkyl halides is 3. The van der Waals surface area contributed by atoms with Gasteiger partial charge in [0, 0.05) is 48.8 Å². The predicted octanol–water partition coefficient (Wildman–Crippen LogP) is 4.25. The van der Waals surface area contributed by atoms with Gasteiger partial charge in [0.15, 0.2) is 5.78 Å². The Balaban J connectivity index is 1.69. The summed E-state index contributed by atoms with van der Waals surface area (Å²) in [6, 6.07) is 6.15. The normalized spacial score (nSPS) is 16.4. The van der Waals surface area contributed by atoms with Crippen molar-refractivity contribution in [1.29, 1.82) is 0 Å². The van der Waals surface area contributed by atoms with E-state index in [9.17, 15) is 22.4 Å². The summed E-state index contributed by atoms with van der Waals surface area (Å²) in [6.07, 6.45) is -4.21. The molecule has 0 N–H and O–H groups in total. The van der Waals surface area contributed by atoms with Crippen molar-refractivity contribution in [3.63, 3.8) is 0 Å². The highest BCUT2D eigenvalue weighted by Gasteiger charge is 2.32. The molecule has 29 heavy (non-hydrogen) atoms. The monoisotopic (exact) mass is 431 g/mol. The Labute approximate surface area is 171 Å². The molecule has 1 saturated heterocycles. The summed E-state index contributed by atoms with van der Waals surface area (Å²) in [5.41, 5.74) is 2.72. The summed E-state index contributed by atoms with van der Waals surface area (Å²) < 4.78 is 52.8. The molecule has 0 atom stereocenters. The minimum atomic E-state index is -4.21. The number of Topliss-reactive ketones (excluding diaryl/α,β-unsaturated/α-hetero) is 1. The second-order valence-corrected chi connectivity index (χ2v) is 7.72. The minimum absolute atomic E-state index is 0.000366. The van der Waals surface area contributed by atoms with Gasteiger partial charge in [-0.25, -0.2) is 4.39 Å². The number of hydrogen-bond acceptors (Lipinski definition) is 3. The Morgan fingerprint density at radius 3 is 2.28 bits per heavy atom. The highest BCUT2D eigenvalue weighted by molar-refractivity contribution is 6.30. The number of aromatic nitrogens is 1. The predicted molar refractivity (Wildman–Crippen MR) is 103 cm³/mol. The van der Waals surface area contributed by atoms with Crippen molar-refractivity contribution in [1.82, 2.24) is 14.4 Å². The third-order valence-electron chi connectivity index (χ3n) is 5.13. The summed E-state index contributed by atoms with van der Waals surface area (Å²) in [5.74, 6) is -0.610. The largest absolute Gasteiger partial charge is 0.401 e. The van der Waals surface area contributed by atoms with E-state index in [0.717, 1.165) is 5.69 Å². The molecule has 0 amide bonds. The van der Waals surface area contributed by atoms with Crippen molar-refractivity contribution in [2.75, 3.05) is 39.3 Å². The first-order chi connectivity index (χ1) is 13.5. The number of carbonyl (C=O) groups is 1. The van der Waals surface area contributed by atoms with Gasteiger partial charge < -0.3 is 4.57 Å². The molecule has 0 bridgehead atoms. The first kappa shape index (κ1) is 21.8. The Morgan fingerprint density at radius 1 is 1.07 bits per heavy atom. The zero-order valence-electron chi connectivity index (χ0n) is 16.2. The molecule has 1 aromatic carbocycles. The van der Waals surface area contributed by atoms with Gasteiger partial charge in [-0.1, -0.05) is 11.6 Å². The van der Waals surface area contributed by atoms with Crippen molar-refractivity contribution >= 4 is 17.4 Å². The zero-order valence-corrected chi connectivity index (χ0v) is 16.9. The van der Waals surface area contributed by atoms with Crippen LogP contribution in [-0.2, 0) is 0 Å². The molecule has 158 valence electrons. The molecular formula is C20H22ClF4N3O. The summed E-state index contributed by atoms with van der Waals surface area (Å²) in [4.78, 5) is 16.1. The lowest BCUT2D eigenvalue weighted by Crippen LogP contribution is -2.50. The summed E-state index contributed by atoms with van der Waals surface area (Å²) in [7, 11) is 0. The van der Waals surface area contributed by atoms with E-state index in [1.807, 2.05) is 16.4 Å². The summed E-state index contributed by atoms with van der Waals surface area (Å²) in [6.45, 7) is 4.25. The van der Waals surface area contributed by atoms with E-state index < -0.39 is 18.5 Å². The maximum atomic E-state index is 13.5. The Morgan fingerprint density at radius 2 is 1.69 bits per heavy atom. The number of piperazine rings is 1. The van der Waals surface area contributed by atoms with Gasteiger partial charge in [0.1, 0.15) is 5.82 Å². The van der Waals surface area contributed by atoms with E-state index in [0.29, 0.717) is 30.0 Å². The van der Waals surface area contributed by atoms with Crippen LogP contribution in [0.4, 0.5) is 17.6 Å². The Hall–Kier alpha value is -1.90. The van der Waals surface area contributed by atoms with Gasteiger partial charge in [0.2, 0.25) is 0 Å². The molecule has 3 rings (SSSR count). The van der Waals surface area contributed by atoms with E-state index in [1.54, 1.807) is 19.1 Å². The Bertz CT molecular complexity index is 902. The number of benzene rings is 1. The molecule has 2 aromatic rings. The van der Waals surface area contributed by atoms with E-state index in [2.05, 4.69) is 0 Å². The third-order valence-corrected chi connectivity index (χ3v) is 5.42. The second-order valence-electron chi connectivity index (χ2n) is 7.31. The molecule has 1 aliphatic rings.